The first kappa shape index (κ1) is 15.2. The topological polar surface area (TPSA) is 24.5 Å². The van der Waals surface area contributed by atoms with Gasteiger partial charge in [-0.1, -0.05) is 19.9 Å². The Kier molecular flexibility index (Phi) is 4.59. The van der Waals surface area contributed by atoms with Gasteiger partial charge in [-0.05, 0) is 58.0 Å². The van der Waals surface area contributed by atoms with Gasteiger partial charge >= 0.3 is 0 Å². The number of nitrogens with zero attached hydrogens (tertiary/aromatic N) is 1. The van der Waals surface area contributed by atoms with Crippen molar-refractivity contribution >= 4 is 5.69 Å². The summed E-state index contributed by atoms with van der Waals surface area (Å²) in [5.74, 6) is 0.973. The van der Waals surface area contributed by atoms with Crippen molar-refractivity contribution in [3.8, 4) is 5.75 Å². The van der Waals surface area contributed by atoms with Gasteiger partial charge < -0.3 is 15.0 Å². The van der Waals surface area contributed by atoms with Crippen molar-refractivity contribution in [3.05, 3.63) is 23.8 Å². The molecule has 2 rings (SSSR count). The molecule has 0 saturated carbocycles. The summed E-state index contributed by atoms with van der Waals surface area (Å²) < 4.78 is 6.00. The zero-order valence-electron chi connectivity index (χ0n) is 13.5. The summed E-state index contributed by atoms with van der Waals surface area (Å²) in [6.07, 6.45) is 1.08. The Morgan fingerprint density at radius 1 is 1.30 bits per heavy atom. The third-order valence-electron chi connectivity index (χ3n) is 4.10. The molecule has 0 bridgehead atoms. The van der Waals surface area contributed by atoms with E-state index in [9.17, 15) is 0 Å². The molecule has 1 atom stereocenters. The molecular weight excluding hydrogens is 248 g/mol. The van der Waals surface area contributed by atoms with Crippen molar-refractivity contribution < 1.29 is 4.74 Å². The number of rotatable bonds is 5. The highest BCUT2D eigenvalue weighted by atomic mass is 16.5. The first-order chi connectivity index (χ1) is 9.45. The van der Waals surface area contributed by atoms with Crippen LogP contribution in [-0.4, -0.2) is 36.2 Å². The second-order valence-electron chi connectivity index (χ2n) is 6.32. The normalized spacial score (nSPS) is 18.1. The molecule has 1 aromatic rings. The van der Waals surface area contributed by atoms with Gasteiger partial charge in [0.25, 0.3) is 0 Å². The molecular formula is C17H28N2O. The largest absolute Gasteiger partial charge is 0.484 e. The van der Waals surface area contributed by atoms with Crippen LogP contribution in [0.5, 0.6) is 5.75 Å². The molecule has 1 N–H and O–H groups in total. The summed E-state index contributed by atoms with van der Waals surface area (Å²) in [6, 6.07) is 7.11. The zero-order valence-corrected chi connectivity index (χ0v) is 13.5. The average Bonchev–Trinajstić information content (AvgIpc) is 2.39. The quantitative estimate of drug-likeness (QED) is 0.890. The van der Waals surface area contributed by atoms with Crippen LogP contribution in [0, 0.1) is 0 Å². The molecule has 3 heteroatoms. The van der Waals surface area contributed by atoms with Crippen LogP contribution in [0.2, 0.25) is 0 Å². The monoisotopic (exact) mass is 276 g/mol. The summed E-state index contributed by atoms with van der Waals surface area (Å²) in [5.41, 5.74) is 2.38. The Morgan fingerprint density at radius 3 is 2.65 bits per heavy atom. The van der Waals surface area contributed by atoms with Gasteiger partial charge in [-0.3, -0.25) is 0 Å². The van der Waals surface area contributed by atoms with Crippen molar-refractivity contribution in [1.29, 1.82) is 0 Å². The molecule has 0 amide bonds. The molecule has 0 aromatic heterocycles. The van der Waals surface area contributed by atoms with E-state index in [1.54, 1.807) is 0 Å². The van der Waals surface area contributed by atoms with Crippen LogP contribution in [0.15, 0.2) is 18.2 Å². The van der Waals surface area contributed by atoms with Gasteiger partial charge in [0.05, 0.1) is 12.2 Å². The maximum absolute atomic E-state index is 6.00. The van der Waals surface area contributed by atoms with Crippen LogP contribution in [-0.2, 0) is 6.42 Å². The van der Waals surface area contributed by atoms with Crippen LogP contribution in [0.1, 0.15) is 40.2 Å². The lowest BCUT2D eigenvalue weighted by Gasteiger charge is -2.34. The van der Waals surface area contributed by atoms with Crippen molar-refractivity contribution in [3.63, 3.8) is 0 Å². The summed E-state index contributed by atoms with van der Waals surface area (Å²) in [4.78, 5) is 2.49. The van der Waals surface area contributed by atoms with Gasteiger partial charge in [-0.2, -0.15) is 0 Å². The number of anilines is 1. The molecule has 1 aliphatic heterocycles. The Bertz CT molecular complexity index is 452. The predicted octanol–water partition coefficient (Wildman–Crippen LogP) is 3.54. The van der Waals surface area contributed by atoms with Crippen molar-refractivity contribution in [2.24, 2.45) is 0 Å². The summed E-state index contributed by atoms with van der Waals surface area (Å²) in [7, 11) is 0. The zero-order chi connectivity index (χ0) is 14.8. The van der Waals surface area contributed by atoms with Crippen LogP contribution < -0.4 is 10.1 Å². The molecule has 0 aliphatic carbocycles. The van der Waals surface area contributed by atoms with Crippen LogP contribution >= 0.6 is 0 Å². The second-order valence-corrected chi connectivity index (χ2v) is 6.32. The Hall–Kier alpha value is -1.22. The predicted molar refractivity (Wildman–Crippen MR) is 85.7 cm³/mol. The minimum atomic E-state index is -0.122. The standard InChI is InChI=1S/C17H28N2O/c1-6-19(7-2)13(3)10-14-8-9-16-15(11-14)18-12-17(4,5)20-16/h8-9,11,13,18H,6-7,10,12H2,1-5H3. The van der Waals surface area contributed by atoms with E-state index >= 15 is 0 Å². The van der Waals surface area contributed by atoms with Gasteiger partial charge in [0.1, 0.15) is 11.4 Å². The van der Waals surface area contributed by atoms with Crippen LogP contribution in [0.25, 0.3) is 0 Å². The fourth-order valence-corrected chi connectivity index (χ4v) is 2.89. The number of hydrogen-bond donors (Lipinski definition) is 1. The van der Waals surface area contributed by atoms with Gasteiger partial charge in [0, 0.05) is 6.04 Å². The molecule has 0 radical (unpaired) electrons. The van der Waals surface area contributed by atoms with E-state index in [2.05, 4.69) is 63.0 Å². The summed E-state index contributed by atoms with van der Waals surface area (Å²) in [6.45, 7) is 14.1. The SMILES string of the molecule is CCN(CC)C(C)Cc1ccc2c(c1)NCC(C)(C)O2. The van der Waals surface area contributed by atoms with E-state index in [4.69, 9.17) is 4.74 Å². The van der Waals surface area contributed by atoms with Crippen LogP contribution in [0.4, 0.5) is 5.69 Å². The van der Waals surface area contributed by atoms with Crippen molar-refractivity contribution in [2.45, 2.75) is 52.7 Å². The lowest BCUT2D eigenvalue weighted by molar-refractivity contribution is 0.116. The minimum absolute atomic E-state index is 0.122. The lowest BCUT2D eigenvalue weighted by atomic mass is 10.0. The van der Waals surface area contributed by atoms with Gasteiger partial charge in [0.15, 0.2) is 0 Å². The van der Waals surface area contributed by atoms with Gasteiger partial charge in [-0.15, -0.1) is 0 Å². The highest BCUT2D eigenvalue weighted by Crippen LogP contribution is 2.33. The van der Waals surface area contributed by atoms with Crippen molar-refractivity contribution in [1.82, 2.24) is 4.90 Å². The number of fused-ring (bicyclic) bond motifs is 1. The Balaban J connectivity index is 2.08. The van der Waals surface area contributed by atoms with E-state index in [1.807, 2.05) is 0 Å². The molecule has 0 saturated heterocycles. The summed E-state index contributed by atoms with van der Waals surface area (Å²) in [5, 5.41) is 3.49. The number of benzene rings is 1. The minimum Gasteiger partial charge on any atom is -0.484 e. The van der Waals surface area contributed by atoms with E-state index in [0.29, 0.717) is 6.04 Å². The molecule has 1 aromatic carbocycles. The Morgan fingerprint density at radius 2 is 2.00 bits per heavy atom. The molecule has 20 heavy (non-hydrogen) atoms. The smallest absolute Gasteiger partial charge is 0.143 e. The molecule has 112 valence electrons. The number of nitrogens with one attached hydrogen (secondary N) is 1. The lowest BCUT2D eigenvalue weighted by Crippen LogP contribution is -2.40. The molecule has 0 spiro atoms. The second kappa shape index (κ2) is 6.04. The fourth-order valence-electron chi connectivity index (χ4n) is 2.89. The molecule has 1 aliphatic rings. The third kappa shape index (κ3) is 3.45. The molecule has 3 nitrogen and oxygen atoms in total. The highest BCUT2D eigenvalue weighted by molar-refractivity contribution is 5.60. The van der Waals surface area contributed by atoms with E-state index in [0.717, 1.165) is 37.5 Å². The summed E-state index contributed by atoms with van der Waals surface area (Å²) >= 11 is 0. The highest BCUT2D eigenvalue weighted by Gasteiger charge is 2.26. The van der Waals surface area contributed by atoms with Crippen molar-refractivity contribution in [2.75, 3.05) is 25.0 Å². The maximum atomic E-state index is 6.00. The van der Waals surface area contributed by atoms with Crippen LogP contribution in [0.3, 0.4) is 0 Å². The van der Waals surface area contributed by atoms with E-state index < -0.39 is 0 Å². The van der Waals surface area contributed by atoms with E-state index in [-0.39, 0.29) is 5.60 Å². The molecule has 1 unspecified atom stereocenters. The van der Waals surface area contributed by atoms with Gasteiger partial charge in [0.2, 0.25) is 0 Å². The Labute approximate surface area is 123 Å². The number of likely N-dealkylation sites (N-methyl/N-ethyl adjacent to an activating group) is 1. The van der Waals surface area contributed by atoms with Gasteiger partial charge in [-0.25, -0.2) is 0 Å². The maximum Gasteiger partial charge on any atom is 0.143 e. The molecule has 0 fully saturated rings. The first-order valence-corrected chi connectivity index (χ1v) is 7.75. The first-order valence-electron chi connectivity index (χ1n) is 7.75. The molecule has 1 heterocycles. The van der Waals surface area contributed by atoms with E-state index in [1.165, 1.54) is 5.56 Å². The number of hydrogen-bond acceptors (Lipinski definition) is 3. The fraction of sp³-hybridized carbons (Fsp3) is 0.647. The number of ether oxygens (including phenoxy) is 1. The third-order valence-corrected chi connectivity index (χ3v) is 4.10. The average molecular weight is 276 g/mol.